The van der Waals surface area contributed by atoms with Crippen molar-refractivity contribution in [1.29, 1.82) is 0 Å². The van der Waals surface area contributed by atoms with E-state index in [1.54, 1.807) is 0 Å². The van der Waals surface area contributed by atoms with Gasteiger partial charge in [0.25, 0.3) is 5.91 Å². The lowest BCUT2D eigenvalue weighted by atomic mass is 10.1. The van der Waals surface area contributed by atoms with E-state index in [0.717, 1.165) is 49.0 Å². The molecule has 0 spiro atoms. The summed E-state index contributed by atoms with van der Waals surface area (Å²) in [6, 6.07) is 30.7. The number of hydrogen-bond acceptors (Lipinski definition) is 4. The van der Waals surface area contributed by atoms with Crippen LogP contribution in [0.25, 0.3) is 10.9 Å². The van der Waals surface area contributed by atoms with Gasteiger partial charge in [-0.3, -0.25) is 4.79 Å². The minimum Gasteiger partial charge on any atom is -0.490 e. The van der Waals surface area contributed by atoms with E-state index in [1.165, 1.54) is 11.1 Å². The average Bonchev–Trinajstić information content (AvgIpc) is 2.92. The zero-order valence-electron chi connectivity index (χ0n) is 20.8. The smallest absolute Gasteiger partial charge is 0.272 e. The van der Waals surface area contributed by atoms with E-state index in [2.05, 4.69) is 65.5 Å². The van der Waals surface area contributed by atoms with Crippen LogP contribution in [-0.2, 0) is 13.0 Å². The minimum absolute atomic E-state index is 0.000240. The number of nitrogens with zero attached hydrogens (tertiary/aromatic N) is 3. The van der Waals surface area contributed by atoms with Gasteiger partial charge in [-0.1, -0.05) is 66.7 Å². The summed E-state index contributed by atoms with van der Waals surface area (Å²) in [5.74, 6) is 0.907. The van der Waals surface area contributed by atoms with E-state index in [0.29, 0.717) is 18.8 Å². The molecule has 0 aliphatic carbocycles. The van der Waals surface area contributed by atoms with E-state index < -0.39 is 0 Å². The molecule has 5 nitrogen and oxygen atoms in total. The summed E-state index contributed by atoms with van der Waals surface area (Å²) in [6.07, 6.45) is 2.80. The number of likely N-dealkylation sites (tertiary alicyclic amines) is 1. The molecule has 1 aliphatic heterocycles. The van der Waals surface area contributed by atoms with Crippen molar-refractivity contribution >= 4 is 16.8 Å². The van der Waals surface area contributed by atoms with Gasteiger partial charge in [-0.2, -0.15) is 0 Å². The normalized spacial score (nSPS) is 14.3. The molecule has 36 heavy (non-hydrogen) atoms. The molecule has 0 bridgehead atoms. The number of pyridine rings is 1. The topological polar surface area (TPSA) is 45.7 Å². The van der Waals surface area contributed by atoms with E-state index in [9.17, 15) is 4.79 Å². The van der Waals surface area contributed by atoms with Crippen LogP contribution in [0.2, 0.25) is 0 Å². The molecule has 5 heteroatoms. The first-order chi connectivity index (χ1) is 17.6. The van der Waals surface area contributed by atoms with Crippen LogP contribution in [0, 0.1) is 0 Å². The van der Waals surface area contributed by atoms with Crippen molar-refractivity contribution in [2.24, 2.45) is 0 Å². The third kappa shape index (κ3) is 6.10. The summed E-state index contributed by atoms with van der Waals surface area (Å²) in [4.78, 5) is 21.8. The molecule has 4 aromatic rings. The minimum atomic E-state index is -0.000240. The standard InChI is InChI=1S/C31H33N3O2/c1-33(19-16-24-8-3-2-4-9-24)23-25-10-7-12-28(22-25)36-27-17-20-34(21-18-27)31(35)30-15-14-26-11-5-6-13-29(26)32-30/h2-15,22,27H,16-21,23H2,1H3. The number of ether oxygens (including phenoxy) is 1. The molecule has 1 aliphatic rings. The number of hydrogen-bond donors (Lipinski definition) is 0. The third-order valence-corrected chi connectivity index (χ3v) is 6.83. The molecule has 184 valence electrons. The molecule has 2 heterocycles. The van der Waals surface area contributed by atoms with Crippen molar-refractivity contribution in [3.63, 3.8) is 0 Å². The lowest BCUT2D eigenvalue weighted by molar-refractivity contribution is 0.0590. The number of para-hydroxylation sites is 1. The highest BCUT2D eigenvalue weighted by Gasteiger charge is 2.25. The fraction of sp³-hybridized carbons (Fsp3) is 0.290. The second kappa shape index (κ2) is 11.4. The summed E-state index contributed by atoms with van der Waals surface area (Å²) in [5, 5.41) is 1.05. The Morgan fingerprint density at radius 2 is 1.67 bits per heavy atom. The summed E-state index contributed by atoms with van der Waals surface area (Å²) < 4.78 is 6.33. The maximum Gasteiger partial charge on any atom is 0.272 e. The molecule has 1 aromatic heterocycles. The van der Waals surface area contributed by atoms with Crippen LogP contribution in [0.4, 0.5) is 0 Å². The Morgan fingerprint density at radius 3 is 2.50 bits per heavy atom. The Bertz CT molecular complexity index is 1300. The maximum atomic E-state index is 13.0. The zero-order chi connectivity index (χ0) is 24.7. The lowest BCUT2D eigenvalue weighted by Crippen LogP contribution is -2.42. The first-order valence-electron chi connectivity index (χ1n) is 12.8. The molecule has 5 rings (SSSR count). The Balaban J connectivity index is 1.11. The highest BCUT2D eigenvalue weighted by atomic mass is 16.5. The van der Waals surface area contributed by atoms with Gasteiger partial charge < -0.3 is 14.5 Å². The van der Waals surface area contributed by atoms with Crippen molar-refractivity contribution in [1.82, 2.24) is 14.8 Å². The number of amides is 1. The van der Waals surface area contributed by atoms with Gasteiger partial charge >= 0.3 is 0 Å². The maximum absolute atomic E-state index is 13.0. The van der Waals surface area contributed by atoms with E-state index in [1.807, 2.05) is 47.4 Å². The number of aromatic nitrogens is 1. The van der Waals surface area contributed by atoms with Crippen molar-refractivity contribution < 1.29 is 9.53 Å². The first kappa shape index (κ1) is 24.0. The van der Waals surface area contributed by atoms with Gasteiger partial charge in [0, 0.05) is 44.4 Å². The van der Waals surface area contributed by atoms with Crippen molar-refractivity contribution in [3.05, 3.63) is 108 Å². The summed E-state index contributed by atoms with van der Waals surface area (Å²) >= 11 is 0. The van der Waals surface area contributed by atoms with Gasteiger partial charge in [0.1, 0.15) is 17.5 Å². The fourth-order valence-corrected chi connectivity index (χ4v) is 4.79. The highest BCUT2D eigenvalue weighted by Crippen LogP contribution is 2.22. The molecular formula is C31H33N3O2. The van der Waals surface area contributed by atoms with Gasteiger partial charge in [0.2, 0.25) is 0 Å². The van der Waals surface area contributed by atoms with Crippen LogP contribution >= 0.6 is 0 Å². The average molecular weight is 480 g/mol. The van der Waals surface area contributed by atoms with Crippen LogP contribution in [-0.4, -0.2) is 53.5 Å². The highest BCUT2D eigenvalue weighted by molar-refractivity contribution is 5.95. The summed E-state index contributed by atoms with van der Waals surface area (Å²) in [5.41, 5.74) is 3.98. The number of benzene rings is 3. The number of carbonyl (C=O) groups is 1. The second-order valence-corrected chi connectivity index (χ2v) is 9.62. The van der Waals surface area contributed by atoms with E-state index >= 15 is 0 Å². The first-order valence-corrected chi connectivity index (χ1v) is 12.8. The molecule has 1 fully saturated rings. The van der Waals surface area contributed by atoms with Crippen LogP contribution < -0.4 is 4.74 Å². The Morgan fingerprint density at radius 1 is 0.917 bits per heavy atom. The summed E-state index contributed by atoms with van der Waals surface area (Å²) in [7, 11) is 2.16. The number of fused-ring (bicyclic) bond motifs is 1. The molecule has 0 radical (unpaired) electrons. The van der Waals surface area contributed by atoms with Crippen LogP contribution in [0.5, 0.6) is 5.75 Å². The number of carbonyl (C=O) groups excluding carboxylic acids is 1. The molecule has 1 amide bonds. The number of piperidine rings is 1. The van der Waals surface area contributed by atoms with Gasteiger partial charge in [-0.15, -0.1) is 0 Å². The van der Waals surface area contributed by atoms with Crippen molar-refractivity contribution in [3.8, 4) is 5.75 Å². The van der Waals surface area contributed by atoms with E-state index in [-0.39, 0.29) is 12.0 Å². The van der Waals surface area contributed by atoms with Crippen LogP contribution in [0.15, 0.2) is 91.0 Å². The predicted molar refractivity (Wildman–Crippen MR) is 144 cm³/mol. The van der Waals surface area contributed by atoms with Crippen molar-refractivity contribution in [2.75, 3.05) is 26.7 Å². The van der Waals surface area contributed by atoms with Gasteiger partial charge in [-0.05, 0) is 48.9 Å². The quantitative estimate of drug-likeness (QED) is 0.330. The Hall–Kier alpha value is -3.70. The number of likely N-dealkylation sites (N-methyl/N-ethyl adjacent to an activating group) is 1. The molecule has 3 aromatic carbocycles. The van der Waals surface area contributed by atoms with Crippen LogP contribution in [0.1, 0.15) is 34.5 Å². The van der Waals surface area contributed by atoms with Gasteiger partial charge in [0.05, 0.1) is 5.52 Å². The van der Waals surface area contributed by atoms with Crippen LogP contribution in [0.3, 0.4) is 0 Å². The molecule has 0 unspecified atom stereocenters. The third-order valence-electron chi connectivity index (χ3n) is 6.83. The van der Waals surface area contributed by atoms with Gasteiger partial charge in [-0.25, -0.2) is 4.98 Å². The molecule has 1 saturated heterocycles. The molecule has 0 atom stereocenters. The van der Waals surface area contributed by atoms with E-state index in [4.69, 9.17) is 4.74 Å². The molecular weight excluding hydrogens is 446 g/mol. The predicted octanol–water partition coefficient (Wildman–Crippen LogP) is 5.59. The lowest BCUT2D eigenvalue weighted by Gasteiger charge is -2.32. The molecule has 0 N–H and O–H groups in total. The Labute approximate surface area is 213 Å². The Kier molecular flexibility index (Phi) is 7.58. The monoisotopic (exact) mass is 479 g/mol. The fourth-order valence-electron chi connectivity index (χ4n) is 4.79. The second-order valence-electron chi connectivity index (χ2n) is 9.62. The zero-order valence-corrected chi connectivity index (χ0v) is 20.8. The van der Waals surface area contributed by atoms with Crippen molar-refractivity contribution in [2.45, 2.75) is 31.9 Å². The largest absolute Gasteiger partial charge is 0.490 e. The summed E-state index contributed by atoms with van der Waals surface area (Å²) in [6.45, 7) is 3.25. The molecule has 0 saturated carbocycles. The SMILES string of the molecule is CN(CCc1ccccc1)Cc1cccc(OC2CCN(C(=O)c3ccc4ccccc4n3)CC2)c1. The number of rotatable bonds is 8. The van der Waals surface area contributed by atoms with Gasteiger partial charge in [0.15, 0.2) is 0 Å².